The fraction of sp³-hybridized carbons (Fsp3) is 0. The summed E-state index contributed by atoms with van der Waals surface area (Å²) in [4.78, 5) is 14.3. The first-order chi connectivity index (χ1) is 17.7. The molecule has 0 fully saturated rings. The lowest BCUT2D eigenvalue weighted by Crippen LogP contribution is -2.28. The molecule has 1 nitrogen and oxygen atoms in total. The van der Waals surface area contributed by atoms with Crippen LogP contribution in [0.2, 0.25) is 0 Å². The number of Topliss-reactive ketones (excluding diaryl/α,β-unsaturated/α-hetero) is 1. The van der Waals surface area contributed by atoms with Crippen molar-refractivity contribution in [2.24, 2.45) is 0 Å². The highest BCUT2D eigenvalue weighted by Gasteiger charge is 2.27. The zero-order valence-electron chi connectivity index (χ0n) is 20.0. The van der Waals surface area contributed by atoms with Gasteiger partial charge >= 0.3 is 0 Å². The molecule has 0 aliphatic rings. The minimum absolute atomic E-state index is 0.0308. The third-order valence-corrected chi connectivity index (χ3v) is 10.4. The van der Waals surface area contributed by atoms with Crippen molar-refractivity contribution >= 4 is 40.5 Å². The summed E-state index contributed by atoms with van der Waals surface area (Å²) in [5.74, 6) is 2.03. The highest BCUT2D eigenvalue weighted by Crippen LogP contribution is 2.44. The van der Waals surface area contributed by atoms with E-state index in [1.165, 1.54) is 0 Å². The van der Waals surface area contributed by atoms with Gasteiger partial charge in [0.05, 0.1) is 0 Å². The summed E-state index contributed by atoms with van der Waals surface area (Å²) in [6.45, 7) is 1.46. The van der Waals surface area contributed by atoms with Crippen molar-refractivity contribution in [2.45, 2.75) is 0 Å². The van der Waals surface area contributed by atoms with Crippen molar-refractivity contribution in [3.8, 4) is 11.1 Å². The molecule has 0 aromatic heterocycles. The quantitative estimate of drug-likeness (QED) is 0.181. The first-order valence-corrected chi connectivity index (χ1v) is 13.9. The standard InChI is InChI=1S/C34H27OP/c1-2-27-22-24-28(25-23-27)32-20-12-13-21-33(32)34(35)26-36(29-14-6-3-7-15-29,30-16-8-4-9-17-30)31-18-10-5-11-19-31/h2-26H,1H2. The van der Waals surface area contributed by atoms with E-state index in [0.29, 0.717) is 5.56 Å². The largest absolute Gasteiger partial charge is 0.289 e. The summed E-state index contributed by atoms with van der Waals surface area (Å²) < 4.78 is 0. The minimum Gasteiger partial charge on any atom is -0.289 e. The van der Waals surface area contributed by atoms with Crippen LogP contribution in [0.25, 0.3) is 17.2 Å². The van der Waals surface area contributed by atoms with Crippen LogP contribution in [0.1, 0.15) is 15.9 Å². The van der Waals surface area contributed by atoms with Crippen LogP contribution in [-0.4, -0.2) is 11.6 Å². The lowest BCUT2D eigenvalue weighted by atomic mass is 9.97. The molecular weight excluding hydrogens is 455 g/mol. The van der Waals surface area contributed by atoms with E-state index in [9.17, 15) is 4.79 Å². The zero-order valence-corrected chi connectivity index (χ0v) is 20.9. The van der Waals surface area contributed by atoms with Gasteiger partial charge in [0.2, 0.25) is 0 Å². The summed E-state index contributed by atoms with van der Waals surface area (Å²) in [6, 6.07) is 47.4. The first kappa shape index (κ1) is 23.5. The number of hydrogen-bond acceptors (Lipinski definition) is 1. The van der Waals surface area contributed by atoms with E-state index in [0.717, 1.165) is 32.6 Å². The minimum atomic E-state index is -2.39. The van der Waals surface area contributed by atoms with Gasteiger partial charge in [-0.15, -0.1) is 0 Å². The molecular formula is C34H27OP. The number of carbonyl (C=O) groups excluding carboxylic acids is 1. The van der Waals surface area contributed by atoms with Crippen LogP contribution >= 0.6 is 6.89 Å². The van der Waals surface area contributed by atoms with Crippen LogP contribution < -0.4 is 15.9 Å². The van der Waals surface area contributed by atoms with Crippen LogP contribution in [-0.2, 0) is 0 Å². The monoisotopic (exact) mass is 482 g/mol. The van der Waals surface area contributed by atoms with Gasteiger partial charge in [0.15, 0.2) is 5.78 Å². The summed E-state index contributed by atoms with van der Waals surface area (Å²) in [5, 5.41) is 3.47. The topological polar surface area (TPSA) is 17.1 Å². The molecule has 0 heterocycles. The molecule has 36 heavy (non-hydrogen) atoms. The van der Waals surface area contributed by atoms with Gasteiger partial charge in [-0.25, -0.2) is 0 Å². The van der Waals surface area contributed by atoms with Crippen molar-refractivity contribution in [3.05, 3.63) is 157 Å². The second-order valence-corrected chi connectivity index (χ2v) is 11.8. The van der Waals surface area contributed by atoms with Crippen molar-refractivity contribution in [1.29, 1.82) is 0 Å². The third kappa shape index (κ3) is 4.54. The van der Waals surface area contributed by atoms with Crippen molar-refractivity contribution in [1.82, 2.24) is 0 Å². The summed E-state index contributed by atoms with van der Waals surface area (Å²) in [5.41, 5.74) is 3.70. The SMILES string of the molecule is C=Cc1ccc(-c2ccccc2C(=O)C=P(c2ccccc2)(c2ccccc2)c2ccccc2)cc1. The highest BCUT2D eigenvalue weighted by molar-refractivity contribution is 7.95. The van der Waals surface area contributed by atoms with Crippen LogP contribution in [0.3, 0.4) is 0 Å². The van der Waals surface area contributed by atoms with E-state index >= 15 is 0 Å². The average Bonchev–Trinajstić information content (AvgIpc) is 2.97. The third-order valence-electron chi connectivity index (χ3n) is 6.45. The van der Waals surface area contributed by atoms with Crippen molar-refractivity contribution in [2.75, 3.05) is 0 Å². The lowest BCUT2D eigenvalue weighted by molar-refractivity contribution is 0.107. The number of ketones is 1. The lowest BCUT2D eigenvalue weighted by Gasteiger charge is -2.28. The van der Waals surface area contributed by atoms with Gasteiger partial charge in [-0.1, -0.05) is 152 Å². The molecule has 0 aliphatic carbocycles. The number of carbonyl (C=O) groups is 1. The Labute approximate surface area is 213 Å². The number of benzene rings is 5. The Balaban J connectivity index is 1.78. The molecule has 0 bridgehead atoms. The smallest absolute Gasteiger partial charge is 0.187 e. The Hall–Kier alpha value is -4.19. The van der Waals surface area contributed by atoms with Crippen molar-refractivity contribution < 1.29 is 4.79 Å². The van der Waals surface area contributed by atoms with Gasteiger partial charge < -0.3 is 0 Å². The molecule has 2 heteroatoms. The van der Waals surface area contributed by atoms with Crippen molar-refractivity contribution in [3.63, 3.8) is 0 Å². The predicted molar refractivity (Wildman–Crippen MR) is 158 cm³/mol. The average molecular weight is 483 g/mol. The van der Waals surface area contributed by atoms with E-state index in [1.54, 1.807) is 0 Å². The summed E-state index contributed by atoms with van der Waals surface area (Å²) in [7, 11) is 0. The molecule has 0 amide bonds. The molecule has 0 saturated carbocycles. The fourth-order valence-corrected chi connectivity index (χ4v) is 8.41. The second kappa shape index (κ2) is 10.6. The molecule has 5 aromatic rings. The van der Waals surface area contributed by atoms with Gasteiger partial charge in [0.1, 0.15) is 0 Å². The van der Waals surface area contributed by atoms with E-state index in [-0.39, 0.29) is 5.78 Å². The van der Waals surface area contributed by atoms with E-state index in [1.807, 2.05) is 66.5 Å². The number of rotatable bonds is 7. The Morgan fingerprint density at radius 1 is 0.556 bits per heavy atom. The molecule has 0 atom stereocenters. The highest BCUT2D eigenvalue weighted by atomic mass is 31.2. The summed E-state index contributed by atoms with van der Waals surface area (Å²) in [6.07, 6.45) is 1.83. The second-order valence-electron chi connectivity index (χ2n) is 8.59. The molecule has 0 unspecified atom stereocenters. The zero-order chi connectivity index (χ0) is 24.8. The number of hydrogen-bond donors (Lipinski definition) is 0. The van der Waals surface area contributed by atoms with Gasteiger partial charge in [-0.3, -0.25) is 4.79 Å². The van der Waals surface area contributed by atoms with Gasteiger partial charge in [-0.2, -0.15) is 0 Å². The van der Waals surface area contributed by atoms with Crippen LogP contribution in [0.5, 0.6) is 0 Å². The maximum Gasteiger partial charge on any atom is 0.187 e. The van der Waals surface area contributed by atoms with E-state index < -0.39 is 6.89 Å². The molecule has 5 rings (SSSR count). The van der Waals surface area contributed by atoms with E-state index in [2.05, 4.69) is 91.5 Å². The molecule has 5 aromatic carbocycles. The molecule has 0 radical (unpaired) electrons. The predicted octanol–water partition coefficient (Wildman–Crippen LogP) is 6.98. The first-order valence-electron chi connectivity index (χ1n) is 12.0. The molecule has 174 valence electrons. The van der Waals surface area contributed by atoms with Gasteiger partial charge in [-0.05, 0) is 45.3 Å². The van der Waals surface area contributed by atoms with Crippen LogP contribution in [0.15, 0.2) is 146 Å². The normalized spacial score (nSPS) is 11.0. The Morgan fingerprint density at radius 2 is 1.00 bits per heavy atom. The van der Waals surface area contributed by atoms with E-state index in [4.69, 9.17) is 0 Å². The molecule has 0 aliphatic heterocycles. The van der Waals surface area contributed by atoms with Gasteiger partial charge in [0, 0.05) is 5.56 Å². The Morgan fingerprint density at radius 3 is 1.47 bits per heavy atom. The van der Waals surface area contributed by atoms with Gasteiger partial charge in [0.25, 0.3) is 0 Å². The molecule has 0 N–H and O–H groups in total. The molecule has 0 saturated heterocycles. The Bertz CT molecular complexity index is 1430. The Kier molecular flexibility index (Phi) is 6.94. The summed E-state index contributed by atoms with van der Waals surface area (Å²) >= 11 is 0. The maximum atomic E-state index is 14.3. The fourth-order valence-electron chi connectivity index (χ4n) is 4.65. The maximum absolute atomic E-state index is 14.3. The van der Waals surface area contributed by atoms with Crippen LogP contribution in [0, 0.1) is 0 Å². The molecule has 0 spiro atoms. The van der Waals surface area contributed by atoms with Crippen LogP contribution in [0.4, 0.5) is 0 Å².